The van der Waals surface area contributed by atoms with Gasteiger partial charge in [-0.05, 0) is 25.8 Å². The third-order valence-corrected chi connectivity index (χ3v) is 2.38. The topological polar surface area (TPSA) is 41.5 Å². The zero-order valence-corrected chi connectivity index (χ0v) is 9.05. The van der Waals surface area contributed by atoms with Crippen LogP contribution in [0.2, 0.25) is 0 Å². The number of nitrogens with one attached hydrogen (secondary N) is 1. The second-order valence-electron chi connectivity index (χ2n) is 3.49. The molecule has 0 aliphatic heterocycles. The van der Waals surface area contributed by atoms with Gasteiger partial charge in [0.2, 0.25) is 0 Å². The van der Waals surface area contributed by atoms with Crippen molar-refractivity contribution in [1.29, 1.82) is 0 Å². The summed E-state index contributed by atoms with van der Waals surface area (Å²) in [4.78, 5) is 0. The van der Waals surface area contributed by atoms with E-state index in [0.717, 1.165) is 25.9 Å². The fraction of sp³-hybridized carbons (Fsp3) is 1.00. The summed E-state index contributed by atoms with van der Waals surface area (Å²) in [5.41, 5.74) is 0. The molecule has 0 aromatic heterocycles. The van der Waals surface area contributed by atoms with Gasteiger partial charge in [0.15, 0.2) is 0 Å². The third-order valence-electron chi connectivity index (χ3n) is 2.38. The molecule has 0 saturated heterocycles. The molecule has 0 bridgehead atoms. The van der Waals surface area contributed by atoms with Crippen molar-refractivity contribution in [1.82, 2.24) is 5.32 Å². The highest BCUT2D eigenvalue weighted by atomic mass is 16.5. The highest BCUT2D eigenvalue weighted by Gasteiger charge is 2.05. The van der Waals surface area contributed by atoms with Crippen molar-refractivity contribution in [3.63, 3.8) is 0 Å². The van der Waals surface area contributed by atoms with E-state index in [1.807, 2.05) is 6.92 Å². The summed E-state index contributed by atoms with van der Waals surface area (Å²) >= 11 is 0. The van der Waals surface area contributed by atoms with Crippen LogP contribution in [0.15, 0.2) is 0 Å². The first-order valence-electron chi connectivity index (χ1n) is 5.08. The van der Waals surface area contributed by atoms with Crippen molar-refractivity contribution in [2.75, 3.05) is 26.8 Å². The fourth-order valence-corrected chi connectivity index (χ4v) is 1.21. The van der Waals surface area contributed by atoms with Gasteiger partial charge in [-0.15, -0.1) is 0 Å². The molecule has 0 aliphatic rings. The van der Waals surface area contributed by atoms with E-state index in [1.165, 1.54) is 0 Å². The largest absolute Gasteiger partial charge is 0.396 e. The van der Waals surface area contributed by atoms with Crippen LogP contribution in [0.25, 0.3) is 0 Å². The molecule has 0 aliphatic carbocycles. The van der Waals surface area contributed by atoms with E-state index in [1.54, 1.807) is 7.11 Å². The fourth-order valence-electron chi connectivity index (χ4n) is 1.21. The normalized spacial score (nSPS) is 15.7. The molecular weight excluding hydrogens is 166 g/mol. The van der Waals surface area contributed by atoms with E-state index in [2.05, 4.69) is 12.2 Å². The Bertz CT molecular complexity index is 109. The summed E-state index contributed by atoms with van der Waals surface area (Å²) in [6.07, 6.45) is 2.28. The Morgan fingerprint density at radius 1 is 1.38 bits per heavy atom. The minimum Gasteiger partial charge on any atom is -0.396 e. The molecule has 0 amide bonds. The van der Waals surface area contributed by atoms with Crippen LogP contribution in [0.5, 0.6) is 0 Å². The number of rotatable bonds is 8. The van der Waals surface area contributed by atoms with Crippen molar-refractivity contribution in [2.24, 2.45) is 5.92 Å². The summed E-state index contributed by atoms with van der Waals surface area (Å²) in [5, 5.41) is 12.1. The number of hydrogen-bond donors (Lipinski definition) is 2. The van der Waals surface area contributed by atoms with Gasteiger partial charge in [0, 0.05) is 20.3 Å². The molecule has 0 aromatic rings. The lowest BCUT2D eigenvalue weighted by Crippen LogP contribution is -2.30. The Morgan fingerprint density at radius 3 is 2.54 bits per heavy atom. The minimum absolute atomic E-state index is 0.270. The highest BCUT2D eigenvalue weighted by molar-refractivity contribution is 4.62. The van der Waals surface area contributed by atoms with Gasteiger partial charge in [-0.25, -0.2) is 0 Å². The standard InChI is InChI=1S/C10H23NO2/c1-4-10(5-6-12)8-11-7-9(2)13-3/h9-12H,4-8H2,1-3H3. The molecule has 2 atom stereocenters. The second-order valence-corrected chi connectivity index (χ2v) is 3.49. The zero-order chi connectivity index (χ0) is 10.1. The van der Waals surface area contributed by atoms with E-state index >= 15 is 0 Å². The quantitative estimate of drug-likeness (QED) is 0.599. The van der Waals surface area contributed by atoms with E-state index in [4.69, 9.17) is 9.84 Å². The van der Waals surface area contributed by atoms with E-state index in [-0.39, 0.29) is 6.10 Å². The minimum atomic E-state index is 0.270. The van der Waals surface area contributed by atoms with Gasteiger partial charge in [0.1, 0.15) is 0 Å². The molecule has 0 saturated carbocycles. The number of aliphatic hydroxyl groups excluding tert-OH is 1. The Labute approximate surface area is 81.5 Å². The van der Waals surface area contributed by atoms with E-state index in [9.17, 15) is 0 Å². The average Bonchev–Trinajstić information content (AvgIpc) is 2.16. The number of hydrogen-bond acceptors (Lipinski definition) is 3. The molecule has 0 radical (unpaired) electrons. The number of ether oxygens (including phenoxy) is 1. The van der Waals surface area contributed by atoms with Gasteiger partial charge in [-0.2, -0.15) is 0 Å². The molecule has 2 unspecified atom stereocenters. The first-order chi connectivity index (χ1) is 6.24. The Balaban J connectivity index is 3.37. The molecule has 0 spiro atoms. The Hall–Kier alpha value is -0.120. The van der Waals surface area contributed by atoms with Crippen LogP contribution < -0.4 is 5.32 Å². The number of methoxy groups -OCH3 is 1. The van der Waals surface area contributed by atoms with Gasteiger partial charge < -0.3 is 15.2 Å². The monoisotopic (exact) mass is 189 g/mol. The van der Waals surface area contributed by atoms with Crippen LogP contribution in [0.3, 0.4) is 0 Å². The molecular formula is C10H23NO2. The van der Waals surface area contributed by atoms with Crippen LogP contribution in [-0.4, -0.2) is 38.0 Å². The van der Waals surface area contributed by atoms with Gasteiger partial charge >= 0.3 is 0 Å². The lowest BCUT2D eigenvalue weighted by atomic mass is 10.0. The van der Waals surface area contributed by atoms with Crippen molar-refractivity contribution in [2.45, 2.75) is 32.8 Å². The summed E-state index contributed by atoms with van der Waals surface area (Å²) in [6.45, 7) is 6.35. The van der Waals surface area contributed by atoms with E-state index < -0.39 is 0 Å². The predicted molar refractivity (Wildman–Crippen MR) is 54.8 cm³/mol. The zero-order valence-electron chi connectivity index (χ0n) is 9.05. The maximum Gasteiger partial charge on any atom is 0.0667 e. The first kappa shape index (κ1) is 12.9. The molecule has 13 heavy (non-hydrogen) atoms. The van der Waals surface area contributed by atoms with Gasteiger partial charge in [-0.1, -0.05) is 13.3 Å². The molecule has 3 heteroatoms. The van der Waals surface area contributed by atoms with Crippen LogP contribution in [0.4, 0.5) is 0 Å². The van der Waals surface area contributed by atoms with Crippen molar-refractivity contribution >= 4 is 0 Å². The number of aliphatic hydroxyl groups is 1. The molecule has 80 valence electrons. The van der Waals surface area contributed by atoms with Gasteiger partial charge in [-0.3, -0.25) is 0 Å². The maximum absolute atomic E-state index is 8.77. The lowest BCUT2D eigenvalue weighted by Gasteiger charge is -2.16. The van der Waals surface area contributed by atoms with Gasteiger partial charge in [0.05, 0.1) is 6.10 Å². The highest BCUT2D eigenvalue weighted by Crippen LogP contribution is 2.05. The Morgan fingerprint density at radius 2 is 2.08 bits per heavy atom. The molecule has 3 nitrogen and oxygen atoms in total. The van der Waals surface area contributed by atoms with Crippen molar-refractivity contribution < 1.29 is 9.84 Å². The molecule has 2 N–H and O–H groups in total. The predicted octanol–water partition coefficient (Wildman–Crippen LogP) is 1.02. The maximum atomic E-state index is 8.77. The Kier molecular flexibility index (Phi) is 8.40. The van der Waals surface area contributed by atoms with Crippen molar-refractivity contribution in [3.05, 3.63) is 0 Å². The van der Waals surface area contributed by atoms with Crippen LogP contribution in [0.1, 0.15) is 26.7 Å². The molecule has 0 heterocycles. The average molecular weight is 189 g/mol. The smallest absolute Gasteiger partial charge is 0.0667 e. The van der Waals surface area contributed by atoms with E-state index in [0.29, 0.717) is 12.5 Å². The van der Waals surface area contributed by atoms with Gasteiger partial charge in [0.25, 0.3) is 0 Å². The van der Waals surface area contributed by atoms with Crippen molar-refractivity contribution in [3.8, 4) is 0 Å². The third kappa shape index (κ3) is 6.99. The first-order valence-corrected chi connectivity index (χ1v) is 5.08. The molecule has 0 fully saturated rings. The molecule has 0 aromatic carbocycles. The van der Waals surface area contributed by atoms with Crippen LogP contribution in [-0.2, 0) is 4.74 Å². The SMILES string of the molecule is CCC(CCO)CNCC(C)OC. The molecule has 0 rings (SSSR count). The summed E-state index contributed by atoms with van der Waals surface area (Å²) < 4.78 is 5.11. The second kappa shape index (κ2) is 8.48. The lowest BCUT2D eigenvalue weighted by molar-refractivity contribution is 0.115. The summed E-state index contributed by atoms with van der Waals surface area (Å²) in [6, 6.07) is 0. The van der Waals surface area contributed by atoms with Crippen LogP contribution >= 0.6 is 0 Å². The summed E-state index contributed by atoms with van der Waals surface area (Å²) in [7, 11) is 1.72. The van der Waals surface area contributed by atoms with Crippen LogP contribution in [0, 0.1) is 5.92 Å². The summed E-state index contributed by atoms with van der Waals surface area (Å²) in [5.74, 6) is 0.592.